The maximum absolute atomic E-state index is 12.1. The highest BCUT2D eigenvalue weighted by Gasteiger charge is 2.14. The average Bonchev–Trinajstić information content (AvgIpc) is 2.67. The Balaban J connectivity index is 2.35. The highest BCUT2D eigenvalue weighted by atomic mass is 32.2. The molecule has 6 heteroatoms. The molecule has 1 heterocycles. The van der Waals surface area contributed by atoms with Crippen LogP contribution in [0.15, 0.2) is 34.2 Å². The summed E-state index contributed by atoms with van der Waals surface area (Å²) in [5.41, 5.74) is 2.07. The zero-order valence-corrected chi connectivity index (χ0v) is 16.5. The van der Waals surface area contributed by atoms with Gasteiger partial charge in [-0.05, 0) is 31.2 Å². The summed E-state index contributed by atoms with van der Waals surface area (Å²) >= 11 is 1.35. The van der Waals surface area contributed by atoms with Gasteiger partial charge in [0.25, 0.3) is 5.56 Å². The predicted molar refractivity (Wildman–Crippen MR) is 109 cm³/mol. The van der Waals surface area contributed by atoms with Crippen molar-refractivity contribution in [3.8, 4) is 17.3 Å². The second kappa shape index (κ2) is 10.0. The second-order valence-electron chi connectivity index (χ2n) is 6.15. The first kappa shape index (κ1) is 20.1. The molecule has 138 valence electrons. The lowest BCUT2D eigenvalue weighted by Crippen LogP contribution is -2.25. The number of rotatable bonds is 9. The molecule has 2 aromatic rings. The van der Waals surface area contributed by atoms with Crippen molar-refractivity contribution in [2.45, 2.75) is 44.7 Å². The number of benzene rings is 1. The molecule has 0 fully saturated rings. The molecule has 0 amide bonds. The summed E-state index contributed by atoms with van der Waals surface area (Å²) in [5.74, 6) is 0. The number of nitriles is 1. The molecule has 0 atom stereocenters. The molecule has 0 aliphatic heterocycles. The fraction of sp³-hybridized carbons (Fsp3) is 0.450. The minimum Gasteiger partial charge on any atom is -0.372 e. The molecule has 26 heavy (non-hydrogen) atoms. The van der Waals surface area contributed by atoms with E-state index < -0.39 is 5.56 Å². The first-order valence-corrected chi connectivity index (χ1v) is 10.3. The Bertz CT molecular complexity index is 800. The van der Waals surface area contributed by atoms with Crippen LogP contribution in [-0.4, -0.2) is 29.3 Å². The molecule has 1 aromatic carbocycles. The van der Waals surface area contributed by atoms with E-state index in [0.717, 1.165) is 31.5 Å². The van der Waals surface area contributed by atoms with Gasteiger partial charge in [0.15, 0.2) is 5.16 Å². The van der Waals surface area contributed by atoms with E-state index in [2.05, 4.69) is 40.8 Å². The van der Waals surface area contributed by atoms with Crippen LogP contribution in [0.5, 0.6) is 0 Å². The third-order valence-electron chi connectivity index (χ3n) is 4.27. The number of unbranched alkanes of at least 4 members (excludes halogenated alkanes) is 2. The molecule has 0 aliphatic rings. The monoisotopic (exact) mass is 370 g/mol. The summed E-state index contributed by atoms with van der Waals surface area (Å²) in [6, 6.07) is 10.0. The van der Waals surface area contributed by atoms with Crippen LogP contribution in [0.1, 0.15) is 45.1 Å². The van der Waals surface area contributed by atoms with Crippen LogP contribution in [0.2, 0.25) is 0 Å². The van der Waals surface area contributed by atoms with Gasteiger partial charge in [-0.2, -0.15) is 5.26 Å². The van der Waals surface area contributed by atoms with Crippen molar-refractivity contribution in [2.24, 2.45) is 0 Å². The Kier molecular flexibility index (Phi) is 7.73. The molecular weight excluding hydrogens is 344 g/mol. The average molecular weight is 371 g/mol. The zero-order valence-electron chi connectivity index (χ0n) is 15.7. The third kappa shape index (κ3) is 4.89. The number of aromatic nitrogens is 2. The van der Waals surface area contributed by atoms with Gasteiger partial charge < -0.3 is 9.88 Å². The maximum atomic E-state index is 12.1. The highest BCUT2D eigenvalue weighted by Crippen LogP contribution is 2.25. The number of hydrogen-bond acceptors (Lipinski definition) is 5. The molecule has 0 saturated carbocycles. The Morgan fingerprint density at radius 1 is 1.15 bits per heavy atom. The van der Waals surface area contributed by atoms with E-state index >= 15 is 0 Å². The van der Waals surface area contributed by atoms with Crippen LogP contribution < -0.4 is 10.5 Å². The van der Waals surface area contributed by atoms with Crippen LogP contribution >= 0.6 is 11.8 Å². The number of thioether (sulfide) groups is 1. The Morgan fingerprint density at radius 2 is 1.77 bits per heavy atom. The minimum atomic E-state index is -0.390. The summed E-state index contributed by atoms with van der Waals surface area (Å²) in [6.07, 6.45) is 6.50. The molecule has 0 saturated heterocycles. The highest BCUT2D eigenvalue weighted by molar-refractivity contribution is 7.98. The van der Waals surface area contributed by atoms with Gasteiger partial charge in [-0.15, -0.1) is 0 Å². The van der Waals surface area contributed by atoms with Crippen molar-refractivity contribution < 1.29 is 0 Å². The fourth-order valence-electron chi connectivity index (χ4n) is 2.76. The molecule has 5 nitrogen and oxygen atoms in total. The van der Waals surface area contributed by atoms with E-state index in [9.17, 15) is 10.1 Å². The largest absolute Gasteiger partial charge is 0.372 e. The number of nitrogens with zero attached hydrogens (tertiary/aromatic N) is 3. The van der Waals surface area contributed by atoms with Gasteiger partial charge in [-0.1, -0.05) is 50.6 Å². The Hall–Kier alpha value is -2.26. The van der Waals surface area contributed by atoms with E-state index in [1.165, 1.54) is 30.3 Å². The lowest BCUT2D eigenvalue weighted by atomic mass is 10.1. The summed E-state index contributed by atoms with van der Waals surface area (Å²) in [4.78, 5) is 21.6. The summed E-state index contributed by atoms with van der Waals surface area (Å²) in [5, 5.41) is 9.85. The summed E-state index contributed by atoms with van der Waals surface area (Å²) in [6.45, 7) is 6.48. The van der Waals surface area contributed by atoms with Crippen LogP contribution in [0.3, 0.4) is 0 Å². The number of aromatic amines is 1. The normalized spacial score (nSPS) is 10.5. The van der Waals surface area contributed by atoms with Gasteiger partial charge >= 0.3 is 0 Å². The van der Waals surface area contributed by atoms with E-state index in [-0.39, 0.29) is 5.56 Å². The third-order valence-corrected chi connectivity index (χ3v) is 4.85. The quantitative estimate of drug-likeness (QED) is 0.522. The molecule has 0 spiro atoms. The van der Waals surface area contributed by atoms with E-state index in [0.29, 0.717) is 10.9 Å². The van der Waals surface area contributed by atoms with E-state index in [1.807, 2.05) is 24.5 Å². The fourth-order valence-corrected chi connectivity index (χ4v) is 3.14. The van der Waals surface area contributed by atoms with Crippen LogP contribution in [0, 0.1) is 11.3 Å². The molecule has 0 unspecified atom stereocenters. The molecule has 0 bridgehead atoms. The smallest absolute Gasteiger partial charge is 0.270 e. The number of H-pyrrole nitrogens is 1. The van der Waals surface area contributed by atoms with Crippen molar-refractivity contribution in [1.82, 2.24) is 9.97 Å². The zero-order chi connectivity index (χ0) is 18.9. The van der Waals surface area contributed by atoms with Gasteiger partial charge in [0.05, 0.1) is 5.69 Å². The standard InChI is InChI=1S/C20H26N4OS/c1-4-6-12-24(13-7-5-2)16-10-8-15(9-11-16)18-17(14-21)19(25)23-20(22-18)26-3/h8-11H,4-7,12-13H2,1-3H3,(H,22,23,25). The van der Waals surface area contributed by atoms with Crippen molar-refractivity contribution in [3.63, 3.8) is 0 Å². The van der Waals surface area contributed by atoms with Crippen molar-refractivity contribution >= 4 is 17.4 Å². The van der Waals surface area contributed by atoms with Crippen LogP contribution in [0.25, 0.3) is 11.3 Å². The Labute approximate surface area is 159 Å². The molecule has 1 aromatic heterocycles. The molecule has 0 radical (unpaired) electrons. The number of hydrogen-bond donors (Lipinski definition) is 1. The summed E-state index contributed by atoms with van der Waals surface area (Å²) < 4.78 is 0. The van der Waals surface area contributed by atoms with Gasteiger partial charge in [0.1, 0.15) is 11.6 Å². The van der Waals surface area contributed by atoms with Crippen molar-refractivity contribution in [3.05, 3.63) is 40.2 Å². The lowest BCUT2D eigenvalue weighted by molar-refractivity contribution is 0.678. The van der Waals surface area contributed by atoms with E-state index in [4.69, 9.17) is 0 Å². The first-order valence-electron chi connectivity index (χ1n) is 9.08. The topological polar surface area (TPSA) is 72.8 Å². The molecular formula is C20H26N4OS. The molecule has 2 rings (SSSR count). The van der Waals surface area contributed by atoms with Crippen LogP contribution in [-0.2, 0) is 0 Å². The first-order chi connectivity index (χ1) is 12.6. The predicted octanol–water partition coefficient (Wildman–Crippen LogP) is 4.44. The number of nitrogens with one attached hydrogen (secondary N) is 1. The SMILES string of the molecule is CCCCN(CCCC)c1ccc(-c2nc(SC)[nH]c(=O)c2C#N)cc1. The van der Waals surface area contributed by atoms with Gasteiger partial charge in [-0.25, -0.2) is 4.98 Å². The Morgan fingerprint density at radius 3 is 2.27 bits per heavy atom. The van der Waals surface area contributed by atoms with Gasteiger partial charge in [0, 0.05) is 24.3 Å². The molecule has 0 aliphatic carbocycles. The van der Waals surface area contributed by atoms with E-state index in [1.54, 1.807) is 0 Å². The molecule has 1 N–H and O–H groups in total. The number of anilines is 1. The summed E-state index contributed by atoms with van der Waals surface area (Å²) in [7, 11) is 0. The van der Waals surface area contributed by atoms with Crippen LogP contribution in [0.4, 0.5) is 5.69 Å². The van der Waals surface area contributed by atoms with Gasteiger partial charge in [0.2, 0.25) is 0 Å². The second-order valence-corrected chi connectivity index (χ2v) is 6.95. The minimum absolute atomic E-state index is 0.0596. The van der Waals surface area contributed by atoms with Crippen molar-refractivity contribution in [2.75, 3.05) is 24.2 Å². The maximum Gasteiger partial charge on any atom is 0.270 e. The van der Waals surface area contributed by atoms with Crippen molar-refractivity contribution in [1.29, 1.82) is 5.26 Å². The lowest BCUT2D eigenvalue weighted by Gasteiger charge is -2.25. The van der Waals surface area contributed by atoms with Gasteiger partial charge in [-0.3, -0.25) is 4.79 Å².